The van der Waals surface area contributed by atoms with Crippen LogP contribution < -0.4 is 0 Å². The molecule has 2 unspecified atom stereocenters. The molecule has 4 rings (SSSR count). The number of nitrogens with one attached hydrogen (secondary N) is 1. The summed E-state index contributed by atoms with van der Waals surface area (Å²) in [5.74, 6) is 0.0507. The maximum Gasteiger partial charge on any atom is 0.253 e. The number of H-pyrrole nitrogens is 1. The first-order chi connectivity index (χ1) is 11.6. The van der Waals surface area contributed by atoms with Crippen LogP contribution in [0.2, 0.25) is 0 Å². The van der Waals surface area contributed by atoms with E-state index in [0.717, 1.165) is 30.2 Å². The molecular weight excluding hydrogens is 306 g/mol. The minimum absolute atomic E-state index is 0.0507. The van der Waals surface area contributed by atoms with Crippen molar-refractivity contribution in [3.63, 3.8) is 0 Å². The van der Waals surface area contributed by atoms with Crippen LogP contribution in [0.25, 0.3) is 10.9 Å². The molecule has 1 saturated carbocycles. The molecule has 0 bridgehead atoms. The van der Waals surface area contributed by atoms with Gasteiger partial charge in [-0.1, -0.05) is 0 Å². The molecule has 1 amide bonds. The summed E-state index contributed by atoms with van der Waals surface area (Å²) in [4.78, 5) is 14.7. The smallest absolute Gasteiger partial charge is 0.253 e. The van der Waals surface area contributed by atoms with Crippen molar-refractivity contribution < 1.29 is 14.6 Å². The highest BCUT2D eigenvalue weighted by Gasteiger charge is 2.56. The van der Waals surface area contributed by atoms with Crippen molar-refractivity contribution in [2.75, 3.05) is 19.7 Å². The number of aromatic nitrogens is 2. The SMILES string of the molecule is CCOC1CC(O)C12CCN(C(=O)c1ccc3[nH]ncc3c1)CC2. The first-order valence-corrected chi connectivity index (χ1v) is 8.66. The highest BCUT2D eigenvalue weighted by atomic mass is 16.5. The van der Waals surface area contributed by atoms with E-state index in [1.165, 1.54) is 0 Å². The fourth-order valence-electron chi connectivity index (χ4n) is 4.20. The fourth-order valence-corrected chi connectivity index (χ4v) is 4.20. The first kappa shape index (κ1) is 15.6. The number of hydrogen-bond donors (Lipinski definition) is 2. The maximum atomic E-state index is 12.8. The number of carbonyl (C=O) groups is 1. The number of hydrogen-bond acceptors (Lipinski definition) is 4. The molecule has 1 aromatic heterocycles. The lowest BCUT2D eigenvalue weighted by Gasteiger charge is -2.56. The van der Waals surface area contributed by atoms with Gasteiger partial charge in [0.25, 0.3) is 5.91 Å². The lowest BCUT2D eigenvalue weighted by atomic mass is 9.58. The third-order valence-corrected chi connectivity index (χ3v) is 5.78. The van der Waals surface area contributed by atoms with Crippen molar-refractivity contribution in [2.24, 2.45) is 5.41 Å². The average Bonchev–Trinajstić information content (AvgIpc) is 3.09. The zero-order valence-electron chi connectivity index (χ0n) is 13.9. The second kappa shape index (κ2) is 5.86. The lowest BCUT2D eigenvalue weighted by Crippen LogP contribution is -2.62. The van der Waals surface area contributed by atoms with Crippen LogP contribution in [-0.2, 0) is 4.74 Å². The van der Waals surface area contributed by atoms with Gasteiger partial charge in [-0.3, -0.25) is 9.89 Å². The molecule has 0 radical (unpaired) electrons. The highest BCUT2D eigenvalue weighted by molar-refractivity contribution is 5.97. The molecule has 24 heavy (non-hydrogen) atoms. The van der Waals surface area contributed by atoms with Crippen LogP contribution in [0.4, 0.5) is 0 Å². The summed E-state index contributed by atoms with van der Waals surface area (Å²) in [7, 11) is 0. The normalized spacial score (nSPS) is 25.8. The summed E-state index contributed by atoms with van der Waals surface area (Å²) in [6.45, 7) is 4.00. The molecule has 2 fully saturated rings. The molecule has 1 aromatic carbocycles. The van der Waals surface area contributed by atoms with E-state index in [2.05, 4.69) is 10.2 Å². The van der Waals surface area contributed by atoms with Gasteiger partial charge in [-0.2, -0.15) is 5.10 Å². The van der Waals surface area contributed by atoms with Gasteiger partial charge in [0.2, 0.25) is 0 Å². The molecule has 1 spiro atoms. The summed E-state index contributed by atoms with van der Waals surface area (Å²) in [6.07, 6.45) is 3.90. The molecule has 6 heteroatoms. The van der Waals surface area contributed by atoms with Gasteiger partial charge in [-0.25, -0.2) is 0 Å². The van der Waals surface area contributed by atoms with Crippen molar-refractivity contribution in [3.05, 3.63) is 30.0 Å². The average molecular weight is 329 g/mol. The molecule has 2 aliphatic rings. The van der Waals surface area contributed by atoms with Crippen molar-refractivity contribution in [2.45, 2.75) is 38.4 Å². The zero-order chi connectivity index (χ0) is 16.7. The van der Waals surface area contributed by atoms with Gasteiger partial charge in [-0.05, 0) is 38.0 Å². The number of fused-ring (bicyclic) bond motifs is 1. The van der Waals surface area contributed by atoms with Crippen LogP contribution in [0.1, 0.15) is 36.5 Å². The molecule has 1 aliphatic heterocycles. The van der Waals surface area contributed by atoms with Gasteiger partial charge in [-0.15, -0.1) is 0 Å². The Labute approximate surface area is 140 Å². The fraction of sp³-hybridized carbons (Fsp3) is 0.556. The molecule has 6 nitrogen and oxygen atoms in total. The second-order valence-corrected chi connectivity index (χ2v) is 6.89. The number of aliphatic hydroxyl groups excluding tert-OH is 1. The summed E-state index contributed by atoms with van der Waals surface area (Å²) in [6, 6.07) is 5.61. The third kappa shape index (κ3) is 2.32. The number of carbonyl (C=O) groups excluding carboxylic acids is 1. The number of rotatable bonds is 3. The van der Waals surface area contributed by atoms with Gasteiger partial charge >= 0.3 is 0 Å². The summed E-state index contributed by atoms with van der Waals surface area (Å²) >= 11 is 0. The number of aliphatic hydroxyl groups is 1. The molecule has 2 atom stereocenters. The molecule has 1 saturated heterocycles. The number of piperidine rings is 1. The van der Waals surface area contributed by atoms with Gasteiger partial charge in [0.1, 0.15) is 0 Å². The molecule has 1 aliphatic carbocycles. The predicted octanol–water partition coefficient (Wildman–Crippen LogP) is 1.95. The van der Waals surface area contributed by atoms with E-state index in [9.17, 15) is 9.90 Å². The van der Waals surface area contributed by atoms with Gasteiger partial charge < -0.3 is 14.7 Å². The monoisotopic (exact) mass is 329 g/mol. The molecule has 128 valence electrons. The lowest BCUT2D eigenvalue weighted by molar-refractivity contribution is -0.207. The summed E-state index contributed by atoms with van der Waals surface area (Å²) in [5, 5.41) is 18.1. The Morgan fingerprint density at radius 3 is 2.96 bits per heavy atom. The maximum absolute atomic E-state index is 12.8. The van der Waals surface area contributed by atoms with E-state index in [-0.39, 0.29) is 23.5 Å². The van der Waals surface area contributed by atoms with Crippen LogP contribution >= 0.6 is 0 Å². The predicted molar refractivity (Wildman–Crippen MR) is 89.7 cm³/mol. The van der Waals surface area contributed by atoms with E-state index in [1.54, 1.807) is 6.20 Å². The van der Waals surface area contributed by atoms with Crippen molar-refractivity contribution >= 4 is 16.8 Å². The van der Waals surface area contributed by atoms with E-state index in [1.807, 2.05) is 30.0 Å². The van der Waals surface area contributed by atoms with E-state index < -0.39 is 0 Å². The van der Waals surface area contributed by atoms with Crippen molar-refractivity contribution in [1.82, 2.24) is 15.1 Å². The van der Waals surface area contributed by atoms with Crippen LogP contribution in [0.15, 0.2) is 24.4 Å². The Balaban J connectivity index is 1.46. The van der Waals surface area contributed by atoms with Crippen LogP contribution in [-0.4, -0.2) is 58.0 Å². The second-order valence-electron chi connectivity index (χ2n) is 6.89. The number of nitrogens with zero attached hydrogens (tertiary/aromatic N) is 2. The highest BCUT2D eigenvalue weighted by Crippen LogP contribution is 2.51. The van der Waals surface area contributed by atoms with Gasteiger partial charge in [0, 0.05) is 42.5 Å². The minimum atomic E-state index is -0.298. The number of likely N-dealkylation sites (tertiary alicyclic amines) is 1. The quantitative estimate of drug-likeness (QED) is 0.902. The van der Waals surface area contributed by atoms with E-state index in [0.29, 0.717) is 25.3 Å². The van der Waals surface area contributed by atoms with Crippen LogP contribution in [0, 0.1) is 5.41 Å². The minimum Gasteiger partial charge on any atom is -0.392 e. The Bertz CT molecular complexity index is 747. The number of benzene rings is 1. The largest absolute Gasteiger partial charge is 0.392 e. The molecule has 2 aromatic rings. The van der Waals surface area contributed by atoms with E-state index >= 15 is 0 Å². The molecule has 2 heterocycles. The van der Waals surface area contributed by atoms with E-state index in [4.69, 9.17) is 4.74 Å². The summed E-state index contributed by atoms with van der Waals surface area (Å²) in [5.41, 5.74) is 1.47. The topological polar surface area (TPSA) is 78.5 Å². The third-order valence-electron chi connectivity index (χ3n) is 5.78. The first-order valence-electron chi connectivity index (χ1n) is 8.66. The van der Waals surface area contributed by atoms with Gasteiger partial charge in [0.05, 0.1) is 23.9 Å². The van der Waals surface area contributed by atoms with Crippen molar-refractivity contribution in [3.8, 4) is 0 Å². The molecular formula is C18H23N3O3. The number of aromatic amines is 1. The van der Waals surface area contributed by atoms with Crippen molar-refractivity contribution in [1.29, 1.82) is 0 Å². The van der Waals surface area contributed by atoms with Crippen LogP contribution in [0.5, 0.6) is 0 Å². The Hall–Kier alpha value is -1.92. The van der Waals surface area contributed by atoms with Crippen LogP contribution in [0.3, 0.4) is 0 Å². The Kier molecular flexibility index (Phi) is 3.81. The Morgan fingerprint density at radius 2 is 2.25 bits per heavy atom. The van der Waals surface area contributed by atoms with Gasteiger partial charge in [0.15, 0.2) is 0 Å². The number of ether oxygens (including phenoxy) is 1. The Morgan fingerprint density at radius 1 is 1.46 bits per heavy atom. The zero-order valence-corrected chi connectivity index (χ0v) is 13.9. The molecule has 2 N–H and O–H groups in total. The number of amides is 1. The summed E-state index contributed by atoms with van der Waals surface area (Å²) < 4.78 is 5.79. The standard InChI is InChI=1S/C18H23N3O3/c1-2-24-16-10-15(22)18(16)5-7-21(8-6-18)17(23)12-3-4-14-13(9-12)11-19-20-14/h3-4,9,11,15-16,22H,2,5-8,10H2,1H3,(H,19,20).